The Morgan fingerprint density at radius 3 is 2.73 bits per heavy atom. The van der Waals surface area contributed by atoms with Crippen LogP contribution in [0.3, 0.4) is 0 Å². The van der Waals surface area contributed by atoms with Crippen LogP contribution in [0.25, 0.3) is 0 Å². The van der Waals surface area contributed by atoms with E-state index in [0.29, 0.717) is 11.3 Å². The Hall–Kier alpha value is -2.14. The first-order valence-electron chi connectivity index (χ1n) is 7.74. The predicted molar refractivity (Wildman–Crippen MR) is 87.6 cm³/mol. The molecule has 0 bridgehead atoms. The van der Waals surface area contributed by atoms with E-state index < -0.39 is 5.91 Å². The highest BCUT2D eigenvalue weighted by molar-refractivity contribution is 6.03. The summed E-state index contributed by atoms with van der Waals surface area (Å²) in [6, 6.07) is 6.74. The van der Waals surface area contributed by atoms with Crippen LogP contribution in [0.4, 0.5) is 5.69 Å². The van der Waals surface area contributed by atoms with E-state index >= 15 is 0 Å². The molecule has 0 saturated carbocycles. The fraction of sp³-hybridized carbons (Fsp3) is 0.412. The highest BCUT2D eigenvalue weighted by Crippen LogP contribution is 2.19. The van der Waals surface area contributed by atoms with E-state index in [-0.39, 0.29) is 12.5 Å². The Morgan fingerprint density at radius 2 is 2.00 bits per heavy atom. The summed E-state index contributed by atoms with van der Waals surface area (Å²) < 4.78 is 0. The maximum Gasteiger partial charge on any atom is 0.250 e. The zero-order valence-electron chi connectivity index (χ0n) is 12.7. The summed E-state index contributed by atoms with van der Waals surface area (Å²) in [5, 5.41) is 5.85. The normalized spacial score (nSPS) is 14.3. The van der Waals surface area contributed by atoms with Crippen molar-refractivity contribution in [1.29, 1.82) is 0 Å². The predicted octanol–water partition coefficient (Wildman–Crippen LogP) is 2.20. The van der Waals surface area contributed by atoms with E-state index in [1.165, 1.54) is 31.3 Å². The molecule has 0 saturated heterocycles. The molecule has 5 nitrogen and oxygen atoms in total. The zero-order chi connectivity index (χ0) is 15.8. The number of carbonyl (C=O) groups is 2. The quantitative estimate of drug-likeness (QED) is 0.533. The van der Waals surface area contributed by atoms with Gasteiger partial charge in [-0.15, -0.1) is 0 Å². The van der Waals surface area contributed by atoms with Crippen LogP contribution >= 0.6 is 0 Å². The fourth-order valence-electron chi connectivity index (χ4n) is 2.58. The molecule has 1 aromatic carbocycles. The van der Waals surface area contributed by atoms with Crippen LogP contribution in [0.5, 0.6) is 0 Å². The summed E-state index contributed by atoms with van der Waals surface area (Å²) in [7, 11) is 0. The number of hydrogen-bond donors (Lipinski definition) is 3. The van der Waals surface area contributed by atoms with Gasteiger partial charge < -0.3 is 16.4 Å². The van der Waals surface area contributed by atoms with E-state index in [9.17, 15) is 9.59 Å². The van der Waals surface area contributed by atoms with Crippen LogP contribution in [0, 0.1) is 0 Å². The molecule has 0 unspecified atom stereocenters. The van der Waals surface area contributed by atoms with Gasteiger partial charge in [-0.2, -0.15) is 0 Å². The van der Waals surface area contributed by atoms with Crippen molar-refractivity contribution in [2.75, 3.05) is 18.4 Å². The number of benzene rings is 1. The van der Waals surface area contributed by atoms with Crippen LogP contribution in [-0.4, -0.2) is 24.9 Å². The molecule has 0 aliphatic heterocycles. The third-order valence-electron chi connectivity index (χ3n) is 3.76. The van der Waals surface area contributed by atoms with Gasteiger partial charge in [0.15, 0.2) is 0 Å². The molecule has 0 heterocycles. The molecular weight excluding hydrogens is 278 g/mol. The molecule has 1 aliphatic rings. The van der Waals surface area contributed by atoms with Gasteiger partial charge in [0, 0.05) is 0 Å². The average molecular weight is 301 g/mol. The molecule has 22 heavy (non-hydrogen) atoms. The molecule has 0 fully saturated rings. The fourth-order valence-corrected chi connectivity index (χ4v) is 2.58. The Morgan fingerprint density at radius 1 is 1.18 bits per heavy atom. The van der Waals surface area contributed by atoms with E-state index in [0.717, 1.165) is 13.0 Å². The summed E-state index contributed by atoms with van der Waals surface area (Å²) >= 11 is 0. The largest absolute Gasteiger partial charge is 0.366 e. The molecule has 4 N–H and O–H groups in total. The monoisotopic (exact) mass is 301 g/mol. The third kappa shape index (κ3) is 5.00. The highest BCUT2D eigenvalue weighted by atomic mass is 16.2. The number of nitrogens with two attached hydrogens (primary N) is 1. The molecule has 1 aliphatic carbocycles. The number of hydrogen-bond acceptors (Lipinski definition) is 3. The SMILES string of the molecule is NC(=O)c1ccccc1NC(=O)CNCCC1=CCCCC1. The van der Waals surface area contributed by atoms with Gasteiger partial charge in [0.2, 0.25) is 5.91 Å². The van der Waals surface area contributed by atoms with Gasteiger partial charge in [0.05, 0.1) is 17.8 Å². The Labute approximate surface area is 131 Å². The second kappa shape index (κ2) is 8.34. The number of rotatable bonds is 7. The van der Waals surface area contributed by atoms with E-state index in [4.69, 9.17) is 5.73 Å². The maximum absolute atomic E-state index is 11.9. The van der Waals surface area contributed by atoms with Crippen molar-refractivity contribution in [3.8, 4) is 0 Å². The molecule has 0 radical (unpaired) electrons. The highest BCUT2D eigenvalue weighted by Gasteiger charge is 2.10. The molecule has 5 heteroatoms. The van der Waals surface area contributed by atoms with Crippen LogP contribution < -0.4 is 16.4 Å². The van der Waals surface area contributed by atoms with Gasteiger partial charge >= 0.3 is 0 Å². The summed E-state index contributed by atoms with van der Waals surface area (Å²) in [4.78, 5) is 23.2. The second-order valence-electron chi connectivity index (χ2n) is 5.49. The Bertz CT molecular complexity index is 567. The summed E-state index contributed by atoms with van der Waals surface area (Å²) in [6.07, 6.45) is 8.23. The molecule has 0 atom stereocenters. The summed E-state index contributed by atoms with van der Waals surface area (Å²) in [5.74, 6) is -0.723. The minimum absolute atomic E-state index is 0.175. The molecule has 2 amide bonds. The van der Waals surface area contributed by atoms with E-state index in [1.54, 1.807) is 24.3 Å². The number of allylic oxidation sites excluding steroid dienone is 1. The van der Waals surface area contributed by atoms with Crippen molar-refractivity contribution < 1.29 is 9.59 Å². The van der Waals surface area contributed by atoms with Gasteiger partial charge in [-0.05, 0) is 50.8 Å². The first-order valence-corrected chi connectivity index (χ1v) is 7.74. The molecule has 118 valence electrons. The molecule has 0 aromatic heterocycles. The zero-order valence-corrected chi connectivity index (χ0v) is 12.7. The minimum Gasteiger partial charge on any atom is -0.366 e. The number of anilines is 1. The van der Waals surface area contributed by atoms with Crippen LogP contribution in [0.2, 0.25) is 0 Å². The lowest BCUT2D eigenvalue weighted by molar-refractivity contribution is -0.115. The number of amides is 2. The topological polar surface area (TPSA) is 84.2 Å². The standard InChI is InChI=1S/C17H23N3O2/c18-17(22)14-8-4-5-9-15(14)20-16(21)12-19-11-10-13-6-2-1-3-7-13/h4-6,8-9,19H,1-3,7,10-12H2,(H2,18,22)(H,20,21). The van der Waals surface area contributed by atoms with Crippen LogP contribution in [-0.2, 0) is 4.79 Å². The lowest BCUT2D eigenvalue weighted by Crippen LogP contribution is -2.29. The lowest BCUT2D eigenvalue weighted by atomic mass is 9.97. The summed E-state index contributed by atoms with van der Waals surface area (Å²) in [5.41, 5.74) is 7.54. The smallest absolute Gasteiger partial charge is 0.250 e. The summed E-state index contributed by atoms with van der Waals surface area (Å²) in [6.45, 7) is 1.01. The van der Waals surface area contributed by atoms with Crippen LogP contribution in [0.15, 0.2) is 35.9 Å². The van der Waals surface area contributed by atoms with Crippen molar-refractivity contribution in [3.63, 3.8) is 0 Å². The molecule has 1 aromatic rings. The van der Waals surface area contributed by atoms with Gasteiger partial charge in [-0.1, -0.05) is 23.8 Å². The van der Waals surface area contributed by atoms with Crippen molar-refractivity contribution in [2.45, 2.75) is 32.1 Å². The van der Waals surface area contributed by atoms with Gasteiger partial charge in [0.1, 0.15) is 0 Å². The lowest BCUT2D eigenvalue weighted by Gasteiger charge is -2.13. The van der Waals surface area contributed by atoms with Crippen molar-refractivity contribution >= 4 is 17.5 Å². The average Bonchev–Trinajstić information content (AvgIpc) is 2.53. The Balaban J connectivity index is 1.74. The first-order chi connectivity index (χ1) is 10.7. The molecule has 0 spiro atoms. The van der Waals surface area contributed by atoms with Crippen molar-refractivity contribution in [1.82, 2.24) is 5.32 Å². The van der Waals surface area contributed by atoms with E-state index in [2.05, 4.69) is 16.7 Å². The number of primary amides is 1. The van der Waals surface area contributed by atoms with Crippen LogP contribution in [0.1, 0.15) is 42.5 Å². The third-order valence-corrected chi connectivity index (χ3v) is 3.76. The van der Waals surface area contributed by atoms with Crippen molar-refractivity contribution in [3.05, 3.63) is 41.5 Å². The molecule has 2 rings (SSSR count). The van der Waals surface area contributed by atoms with Gasteiger partial charge in [-0.25, -0.2) is 0 Å². The molecular formula is C17H23N3O2. The number of carbonyl (C=O) groups excluding carboxylic acids is 2. The van der Waals surface area contributed by atoms with Gasteiger partial charge in [-0.3, -0.25) is 9.59 Å². The maximum atomic E-state index is 11.9. The van der Waals surface area contributed by atoms with Crippen molar-refractivity contribution in [2.24, 2.45) is 5.73 Å². The second-order valence-corrected chi connectivity index (χ2v) is 5.49. The van der Waals surface area contributed by atoms with Gasteiger partial charge in [0.25, 0.3) is 5.91 Å². The van der Waals surface area contributed by atoms with E-state index in [1.807, 2.05) is 0 Å². The number of para-hydroxylation sites is 1. The Kier molecular flexibility index (Phi) is 6.15. The number of nitrogens with one attached hydrogen (secondary N) is 2. The minimum atomic E-state index is -0.548. The first kappa shape index (κ1) is 16.2.